The Morgan fingerprint density at radius 2 is 1.67 bits per heavy atom. The second kappa shape index (κ2) is 6.78. The average molecular weight is 245 g/mol. The van der Waals surface area contributed by atoms with Crippen LogP contribution in [0.1, 0.15) is 32.1 Å². The Morgan fingerprint density at radius 1 is 1.00 bits per heavy atom. The van der Waals surface area contributed by atoms with Gasteiger partial charge in [-0.2, -0.15) is 5.26 Å². The van der Waals surface area contributed by atoms with E-state index in [2.05, 4.69) is 21.8 Å². The second-order valence-corrected chi connectivity index (χ2v) is 5.68. The van der Waals surface area contributed by atoms with Gasteiger partial charge >= 0.3 is 0 Å². The summed E-state index contributed by atoms with van der Waals surface area (Å²) in [4.78, 5) is 4.57. The first-order valence-electron chi connectivity index (χ1n) is 7.08. The molecular formula is C15H23N3. The van der Waals surface area contributed by atoms with E-state index in [-0.39, 0.29) is 0 Å². The van der Waals surface area contributed by atoms with Gasteiger partial charge in [-0.15, -0.1) is 6.42 Å². The summed E-state index contributed by atoms with van der Waals surface area (Å²) in [6.07, 6.45) is 12.3. The van der Waals surface area contributed by atoms with Gasteiger partial charge in [0.25, 0.3) is 0 Å². The first-order chi connectivity index (χ1) is 8.83. The molecule has 2 fully saturated rings. The van der Waals surface area contributed by atoms with Crippen molar-refractivity contribution < 1.29 is 0 Å². The molecule has 1 aliphatic heterocycles. The maximum absolute atomic E-state index is 8.88. The van der Waals surface area contributed by atoms with Crippen LogP contribution in [0.15, 0.2) is 0 Å². The number of hydrogen-bond acceptors (Lipinski definition) is 3. The molecule has 0 aromatic heterocycles. The summed E-state index contributed by atoms with van der Waals surface area (Å²) in [5.74, 6) is 4.30. The molecule has 0 N–H and O–H groups in total. The third-order valence-corrected chi connectivity index (χ3v) is 4.31. The van der Waals surface area contributed by atoms with E-state index in [1.807, 2.05) is 0 Å². The van der Waals surface area contributed by atoms with Gasteiger partial charge in [0.15, 0.2) is 0 Å². The van der Waals surface area contributed by atoms with Crippen LogP contribution in [0.4, 0.5) is 0 Å². The lowest BCUT2D eigenvalue weighted by atomic mass is 9.79. The topological polar surface area (TPSA) is 30.3 Å². The van der Waals surface area contributed by atoms with Crippen molar-refractivity contribution in [2.75, 3.05) is 32.8 Å². The van der Waals surface area contributed by atoms with Crippen LogP contribution < -0.4 is 0 Å². The molecule has 1 atom stereocenters. The lowest BCUT2D eigenvalue weighted by Gasteiger charge is -2.42. The molecule has 1 unspecified atom stereocenters. The SMILES string of the molecule is C#CCN1CC(C2CCCCC2)CN(CC#N)C1. The van der Waals surface area contributed by atoms with Gasteiger partial charge in [0.2, 0.25) is 0 Å². The summed E-state index contributed by atoms with van der Waals surface area (Å²) in [5.41, 5.74) is 0. The highest BCUT2D eigenvalue weighted by Crippen LogP contribution is 2.32. The monoisotopic (exact) mass is 245 g/mol. The van der Waals surface area contributed by atoms with Crippen molar-refractivity contribution in [1.82, 2.24) is 9.80 Å². The van der Waals surface area contributed by atoms with E-state index in [1.165, 1.54) is 32.1 Å². The number of nitrogens with zero attached hydrogens (tertiary/aromatic N) is 3. The standard InChI is InChI=1S/C15H23N3/c1-2-9-17-11-15(12-18(13-17)10-8-16)14-6-4-3-5-7-14/h1,14-15H,3-7,9-13H2. The summed E-state index contributed by atoms with van der Waals surface area (Å²) in [6, 6.07) is 2.27. The maximum atomic E-state index is 8.88. The smallest absolute Gasteiger partial charge is 0.0876 e. The van der Waals surface area contributed by atoms with Crippen molar-refractivity contribution in [2.45, 2.75) is 32.1 Å². The molecule has 0 aromatic rings. The van der Waals surface area contributed by atoms with E-state index in [1.54, 1.807) is 0 Å². The van der Waals surface area contributed by atoms with Crippen molar-refractivity contribution in [3.63, 3.8) is 0 Å². The lowest BCUT2D eigenvalue weighted by Crippen LogP contribution is -2.51. The Labute approximate surface area is 111 Å². The summed E-state index contributed by atoms with van der Waals surface area (Å²) in [6.45, 7) is 4.31. The van der Waals surface area contributed by atoms with Crippen LogP contribution in [0.5, 0.6) is 0 Å². The van der Waals surface area contributed by atoms with Crippen LogP contribution >= 0.6 is 0 Å². The molecule has 0 radical (unpaired) electrons. The molecule has 1 saturated carbocycles. The number of nitriles is 1. The molecule has 1 aliphatic carbocycles. The van der Waals surface area contributed by atoms with E-state index in [0.717, 1.165) is 25.7 Å². The van der Waals surface area contributed by atoms with Gasteiger partial charge < -0.3 is 0 Å². The largest absolute Gasteiger partial charge is 0.279 e. The van der Waals surface area contributed by atoms with Gasteiger partial charge in [-0.05, 0) is 11.8 Å². The minimum absolute atomic E-state index is 0.532. The van der Waals surface area contributed by atoms with E-state index in [4.69, 9.17) is 11.7 Å². The van der Waals surface area contributed by atoms with Gasteiger partial charge in [-0.1, -0.05) is 38.0 Å². The van der Waals surface area contributed by atoms with Gasteiger partial charge in [0.1, 0.15) is 0 Å². The highest BCUT2D eigenvalue weighted by molar-refractivity contribution is 4.93. The average Bonchev–Trinajstić information content (AvgIpc) is 2.40. The summed E-state index contributed by atoms with van der Waals surface area (Å²) in [5, 5.41) is 8.88. The number of hydrogen-bond donors (Lipinski definition) is 0. The highest BCUT2D eigenvalue weighted by atomic mass is 15.3. The Bertz CT molecular complexity index is 309. The van der Waals surface area contributed by atoms with Crippen molar-refractivity contribution >= 4 is 0 Å². The van der Waals surface area contributed by atoms with Crippen LogP contribution in [-0.4, -0.2) is 42.6 Å². The molecule has 2 aliphatic rings. The summed E-state index contributed by atoms with van der Waals surface area (Å²) >= 11 is 0. The minimum atomic E-state index is 0.532. The molecule has 0 aromatic carbocycles. The van der Waals surface area contributed by atoms with E-state index in [0.29, 0.717) is 19.0 Å². The lowest BCUT2D eigenvalue weighted by molar-refractivity contribution is 0.0338. The molecule has 1 heterocycles. The Kier molecular flexibility index (Phi) is 5.05. The third kappa shape index (κ3) is 3.48. The van der Waals surface area contributed by atoms with Crippen LogP contribution in [0.3, 0.4) is 0 Å². The molecule has 98 valence electrons. The van der Waals surface area contributed by atoms with Gasteiger partial charge in [-0.25, -0.2) is 0 Å². The van der Waals surface area contributed by atoms with Crippen molar-refractivity contribution in [3.8, 4) is 18.4 Å². The first-order valence-corrected chi connectivity index (χ1v) is 7.08. The van der Waals surface area contributed by atoms with Crippen LogP contribution in [0.25, 0.3) is 0 Å². The van der Waals surface area contributed by atoms with E-state index in [9.17, 15) is 0 Å². The molecule has 18 heavy (non-hydrogen) atoms. The molecule has 1 saturated heterocycles. The minimum Gasteiger partial charge on any atom is -0.279 e. The van der Waals surface area contributed by atoms with Gasteiger partial charge in [0.05, 0.1) is 25.8 Å². The molecule has 0 amide bonds. The highest BCUT2D eigenvalue weighted by Gasteiger charge is 2.31. The zero-order chi connectivity index (χ0) is 12.8. The Hall–Kier alpha value is -1.03. The van der Waals surface area contributed by atoms with Crippen LogP contribution in [0.2, 0.25) is 0 Å². The zero-order valence-electron chi connectivity index (χ0n) is 11.1. The molecule has 0 spiro atoms. The normalized spacial score (nSPS) is 27.6. The van der Waals surface area contributed by atoms with Crippen molar-refractivity contribution in [2.24, 2.45) is 11.8 Å². The Morgan fingerprint density at radius 3 is 2.28 bits per heavy atom. The van der Waals surface area contributed by atoms with Crippen LogP contribution in [0, 0.1) is 35.5 Å². The molecule has 3 heteroatoms. The Balaban J connectivity index is 1.95. The molecule has 0 bridgehead atoms. The van der Waals surface area contributed by atoms with Crippen LogP contribution in [-0.2, 0) is 0 Å². The number of terminal acetylenes is 1. The quantitative estimate of drug-likeness (QED) is 0.562. The summed E-state index contributed by atoms with van der Waals surface area (Å²) < 4.78 is 0. The van der Waals surface area contributed by atoms with Gasteiger partial charge in [0, 0.05) is 13.1 Å². The zero-order valence-corrected chi connectivity index (χ0v) is 11.1. The van der Waals surface area contributed by atoms with Gasteiger partial charge in [-0.3, -0.25) is 9.80 Å². The number of rotatable bonds is 3. The van der Waals surface area contributed by atoms with E-state index < -0.39 is 0 Å². The molecule has 2 rings (SSSR count). The fourth-order valence-corrected chi connectivity index (χ4v) is 3.48. The predicted molar refractivity (Wildman–Crippen MR) is 72.5 cm³/mol. The maximum Gasteiger partial charge on any atom is 0.0876 e. The fourth-order valence-electron chi connectivity index (χ4n) is 3.48. The molecular weight excluding hydrogens is 222 g/mol. The predicted octanol–water partition coefficient (Wildman–Crippen LogP) is 1.91. The fraction of sp³-hybridized carbons (Fsp3) is 0.800. The third-order valence-electron chi connectivity index (χ3n) is 4.31. The van der Waals surface area contributed by atoms with E-state index >= 15 is 0 Å². The van der Waals surface area contributed by atoms with Crippen molar-refractivity contribution in [3.05, 3.63) is 0 Å². The van der Waals surface area contributed by atoms with Crippen molar-refractivity contribution in [1.29, 1.82) is 5.26 Å². The second-order valence-electron chi connectivity index (χ2n) is 5.68. The summed E-state index contributed by atoms with van der Waals surface area (Å²) in [7, 11) is 0. The molecule has 3 nitrogen and oxygen atoms in total. The first kappa shape index (κ1) is 13.4.